The van der Waals surface area contributed by atoms with Crippen LogP contribution in [0.25, 0.3) is 0 Å². The lowest BCUT2D eigenvalue weighted by Crippen LogP contribution is -2.11. The van der Waals surface area contributed by atoms with E-state index in [1.54, 1.807) is 6.07 Å². The first-order chi connectivity index (χ1) is 8.15. The van der Waals surface area contributed by atoms with Crippen molar-refractivity contribution in [1.29, 1.82) is 0 Å². The summed E-state index contributed by atoms with van der Waals surface area (Å²) in [6.07, 6.45) is 0. The largest absolute Gasteiger partial charge is 0.488 e. The predicted octanol–water partition coefficient (Wildman–Crippen LogP) is 3.77. The van der Waals surface area contributed by atoms with Crippen molar-refractivity contribution in [3.63, 3.8) is 0 Å². The summed E-state index contributed by atoms with van der Waals surface area (Å²) in [5.74, 6) is 0.491. The molecule has 0 aliphatic heterocycles. The lowest BCUT2D eigenvalue weighted by atomic mass is 10.2. The topological polar surface area (TPSA) is 18.5 Å². The molecule has 0 aliphatic carbocycles. The Labute approximate surface area is 110 Å². The molecule has 0 saturated carbocycles. The fraction of sp³-hybridized carbons (Fsp3) is 0.538. The molecule has 0 heterocycles. The predicted molar refractivity (Wildman–Crippen MR) is 70.2 cm³/mol. The number of halogens is 2. The second-order valence-electron chi connectivity index (χ2n) is 4.18. The van der Waals surface area contributed by atoms with Gasteiger partial charge in [-0.25, -0.2) is 4.39 Å². The minimum Gasteiger partial charge on any atom is -0.488 e. The van der Waals surface area contributed by atoms with Crippen LogP contribution >= 0.6 is 15.9 Å². The number of hydrogen-bond donors (Lipinski definition) is 0. The van der Waals surface area contributed by atoms with E-state index in [9.17, 15) is 4.39 Å². The summed E-state index contributed by atoms with van der Waals surface area (Å²) >= 11 is 3.31. The molecule has 0 bridgehead atoms. The molecule has 96 valence electrons. The van der Waals surface area contributed by atoms with Gasteiger partial charge in [0.05, 0.1) is 6.61 Å². The van der Waals surface area contributed by atoms with Gasteiger partial charge in [0.2, 0.25) is 0 Å². The van der Waals surface area contributed by atoms with E-state index < -0.39 is 0 Å². The van der Waals surface area contributed by atoms with Gasteiger partial charge < -0.3 is 9.47 Å². The van der Waals surface area contributed by atoms with Crippen molar-refractivity contribution < 1.29 is 13.9 Å². The van der Waals surface area contributed by atoms with Gasteiger partial charge in [-0.1, -0.05) is 41.9 Å². The van der Waals surface area contributed by atoms with E-state index in [2.05, 4.69) is 29.8 Å². The molecule has 0 saturated heterocycles. The summed E-state index contributed by atoms with van der Waals surface area (Å²) in [7, 11) is 0. The molecule has 2 nitrogen and oxygen atoms in total. The number of alkyl halides is 1. The van der Waals surface area contributed by atoms with Crippen LogP contribution in [0.5, 0.6) is 5.75 Å². The molecule has 0 aliphatic rings. The molecule has 0 N–H and O–H groups in total. The van der Waals surface area contributed by atoms with Crippen LogP contribution in [0.2, 0.25) is 0 Å². The summed E-state index contributed by atoms with van der Waals surface area (Å²) in [4.78, 5) is 0. The Morgan fingerprint density at radius 2 is 2.06 bits per heavy atom. The molecule has 17 heavy (non-hydrogen) atoms. The highest BCUT2D eigenvalue weighted by molar-refractivity contribution is 9.08. The smallest absolute Gasteiger partial charge is 0.165 e. The molecule has 1 rings (SSSR count). The van der Waals surface area contributed by atoms with Crippen LogP contribution in [0.3, 0.4) is 0 Å². The number of ether oxygens (including phenoxy) is 2. The van der Waals surface area contributed by atoms with Crippen molar-refractivity contribution in [2.24, 2.45) is 5.92 Å². The molecule has 1 aromatic carbocycles. The van der Waals surface area contributed by atoms with Gasteiger partial charge in [0.25, 0.3) is 0 Å². The van der Waals surface area contributed by atoms with Crippen LogP contribution in [-0.2, 0) is 10.1 Å². The Bertz CT molecular complexity index is 342. The van der Waals surface area contributed by atoms with E-state index >= 15 is 0 Å². The maximum absolute atomic E-state index is 13.5. The molecular formula is C13H18BrFO2. The van der Waals surface area contributed by atoms with Gasteiger partial charge in [0.1, 0.15) is 6.61 Å². The first-order valence-electron chi connectivity index (χ1n) is 5.69. The molecule has 0 spiro atoms. The Balaban J connectivity index is 2.40. The maximum atomic E-state index is 13.5. The summed E-state index contributed by atoms with van der Waals surface area (Å²) in [5, 5.41) is 0.576. The number of hydrogen-bond acceptors (Lipinski definition) is 2. The maximum Gasteiger partial charge on any atom is 0.165 e. The van der Waals surface area contributed by atoms with E-state index in [1.165, 1.54) is 6.07 Å². The second kappa shape index (κ2) is 7.67. The van der Waals surface area contributed by atoms with Gasteiger partial charge in [0, 0.05) is 17.5 Å². The first kappa shape index (κ1) is 14.5. The lowest BCUT2D eigenvalue weighted by Gasteiger charge is -2.11. The number of benzene rings is 1. The average Bonchev–Trinajstić information content (AvgIpc) is 2.30. The summed E-state index contributed by atoms with van der Waals surface area (Å²) in [5.41, 5.74) is 0.814. The minimum absolute atomic E-state index is 0.317. The quantitative estimate of drug-likeness (QED) is 0.564. The Morgan fingerprint density at radius 3 is 2.71 bits per heavy atom. The van der Waals surface area contributed by atoms with Crippen molar-refractivity contribution in [2.45, 2.75) is 19.2 Å². The average molecular weight is 305 g/mol. The molecule has 1 aromatic rings. The molecule has 0 amide bonds. The standard InChI is InChI=1S/C13H18BrFO2/c1-10(2)9-16-6-7-17-13-11(8-14)4-3-5-12(13)15/h3-5,10H,6-9H2,1-2H3. The van der Waals surface area contributed by atoms with Crippen molar-refractivity contribution in [1.82, 2.24) is 0 Å². The summed E-state index contributed by atoms with van der Waals surface area (Å²) in [6.45, 7) is 5.72. The highest BCUT2D eigenvalue weighted by Crippen LogP contribution is 2.24. The Kier molecular flexibility index (Phi) is 6.52. The molecule has 0 atom stereocenters. The van der Waals surface area contributed by atoms with Crippen LogP contribution in [0, 0.1) is 11.7 Å². The van der Waals surface area contributed by atoms with Gasteiger partial charge in [0.15, 0.2) is 11.6 Å². The molecule has 0 aromatic heterocycles. The zero-order valence-electron chi connectivity index (χ0n) is 10.2. The third-order valence-electron chi connectivity index (χ3n) is 2.12. The Hall–Kier alpha value is -0.610. The van der Waals surface area contributed by atoms with E-state index in [-0.39, 0.29) is 5.82 Å². The SMILES string of the molecule is CC(C)COCCOc1c(F)cccc1CBr. The zero-order valence-corrected chi connectivity index (χ0v) is 11.8. The van der Waals surface area contributed by atoms with Crippen molar-refractivity contribution in [2.75, 3.05) is 19.8 Å². The zero-order chi connectivity index (χ0) is 12.7. The van der Waals surface area contributed by atoms with Crippen LogP contribution in [0.1, 0.15) is 19.4 Å². The summed E-state index contributed by atoms with van der Waals surface area (Å²) < 4.78 is 24.3. The third kappa shape index (κ3) is 5.04. The fourth-order valence-corrected chi connectivity index (χ4v) is 1.78. The number of para-hydroxylation sites is 1. The van der Waals surface area contributed by atoms with Crippen LogP contribution in [0.4, 0.5) is 4.39 Å². The van der Waals surface area contributed by atoms with E-state index in [0.29, 0.717) is 36.8 Å². The van der Waals surface area contributed by atoms with Gasteiger partial charge in [-0.2, -0.15) is 0 Å². The van der Waals surface area contributed by atoms with E-state index in [0.717, 1.165) is 5.56 Å². The van der Waals surface area contributed by atoms with Crippen molar-refractivity contribution >= 4 is 15.9 Å². The van der Waals surface area contributed by atoms with Gasteiger partial charge >= 0.3 is 0 Å². The molecule has 0 fully saturated rings. The van der Waals surface area contributed by atoms with Crippen LogP contribution < -0.4 is 4.74 Å². The minimum atomic E-state index is -0.328. The van der Waals surface area contributed by atoms with E-state index in [4.69, 9.17) is 9.47 Å². The van der Waals surface area contributed by atoms with Crippen molar-refractivity contribution in [3.05, 3.63) is 29.6 Å². The van der Waals surface area contributed by atoms with Gasteiger partial charge in [-0.05, 0) is 12.0 Å². The van der Waals surface area contributed by atoms with Crippen LogP contribution in [0.15, 0.2) is 18.2 Å². The fourth-order valence-electron chi connectivity index (χ4n) is 1.34. The highest BCUT2D eigenvalue weighted by Gasteiger charge is 2.08. The van der Waals surface area contributed by atoms with Gasteiger partial charge in [-0.15, -0.1) is 0 Å². The van der Waals surface area contributed by atoms with Gasteiger partial charge in [-0.3, -0.25) is 0 Å². The first-order valence-corrected chi connectivity index (χ1v) is 6.81. The third-order valence-corrected chi connectivity index (χ3v) is 2.72. The van der Waals surface area contributed by atoms with Crippen molar-refractivity contribution in [3.8, 4) is 5.75 Å². The highest BCUT2D eigenvalue weighted by atomic mass is 79.9. The van der Waals surface area contributed by atoms with Crippen LogP contribution in [-0.4, -0.2) is 19.8 Å². The molecular weight excluding hydrogens is 287 g/mol. The monoisotopic (exact) mass is 304 g/mol. The molecule has 0 unspecified atom stereocenters. The summed E-state index contributed by atoms with van der Waals surface area (Å²) in [6, 6.07) is 4.91. The number of rotatable bonds is 7. The lowest BCUT2D eigenvalue weighted by molar-refractivity contribution is 0.0805. The normalized spacial score (nSPS) is 10.9. The second-order valence-corrected chi connectivity index (χ2v) is 4.74. The Morgan fingerprint density at radius 1 is 1.29 bits per heavy atom. The van der Waals surface area contributed by atoms with E-state index in [1.807, 2.05) is 6.07 Å². The molecule has 0 radical (unpaired) electrons. The molecule has 4 heteroatoms.